The zero-order valence-electron chi connectivity index (χ0n) is 7.57. The lowest BCUT2D eigenvalue weighted by Crippen LogP contribution is -1.90. The molecule has 1 rings (SSSR count). The van der Waals surface area contributed by atoms with E-state index >= 15 is 0 Å². The van der Waals surface area contributed by atoms with E-state index in [4.69, 9.17) is 0 Å². The number of thioether (sulfide) groups is 1. The molecule has 0 atom stereocenters. The molecule has 1 nitrogen and oxygen atoms in total. The van der Waals surface area contributed by atoms with E-state index in [0.29, 0.717) is 0 Å². The molecule has 68 valence electrons. The standard InChI is InChI=1S/C11H12OS/c1-13-9-11(8-12)7-10-5-3-2-4-6-10/h2-6,8-9H,7H2,1H3/b11-9+. The molecule has 0 fully saturated rings. The summed E-state index contributed by atoms with van der Waals surface area (Å²) in [6.07, 6.45) is 3.60. The zero-order chi connectivity index (χ0) is 9.52. The number of carbonyl (C=O) groups excluding carboxylic acids is 1. The molecule has 0 spiro atoms. The van der Waals surface area contributed by atoms with Crippen molar-refractivity contribution in [1.82, 2.24) is 0 Å². The van der Waals surface area contributed by atoms with Gasteiger partial charge >= 0.3 is 0 Å². The minimum Gasteiger partial charge on any atom is -0.298 e. The van der Waals surface area contributed by atoms with Gasteiger partial charge in [-0.15, -0.1) is 11.8 Å². The average Bonchev–Trinajstić information content (AvgIpc) is 2.19. The first kappa shape index (κ1) is 10.1. The lowest BCUT2D eigenvalue weighted by Gasteiger charge is -1.98. The third-order valence-corrected chi connectivity index (χ3v) is 2.21. The normalized spacial score (nSPS) is 11.3. The number of aldehydes is 1. The second kappa shape index (κ2) is 5.60. The summed E-state index contributed by atoms with van der Waals surface area (Å²) in [6, 6.07) is 9.99. The highest BCUT2D eigenvalue weighted by Gasteiger charge is 1.96. The Morgan fingerprint density at radius 3 is 2.62 bits per heavy atom. The zero-order valence-corrected chi connectivity index (χ0v) is 8.38. The molecule has 1 aromatic rings. The molecule has 0 aliphatic carbocycles. The molecule has 0 amide bonds. The number of carbonyl (C=O) groups is 1. The Bertz CT molecular complexity index is 290. The van der Waals surface area contributed by atoms with E-state index in [9.17, 15) is 4.79 Å². The van der Waals surface area contributed by atoms with Gasteiger partial charge in [-0.3, -0.25) is 4.79 Å². The molecule has 1 aromatic carbocycles. The van der Waals surface area contributed by atoms with Gasteiger partial charge in [0.2, 0.25) is 0 Å². The number of hydrogen-bond donors (Lipinski definition) is 0. The van der Waals surface area contributed by atoms with Gasteiger partial charge in [-0.05, 0) is 17.2 Å². The van der Waals surface area contributed by atoms with Crippen molar-refractivity contribution in [3.8, 4) is 0 Å². The number of hydrogen-bond acceptors (Lipinski definition) is 2. The van der Waals surface area contributed by atoms with Gasteiger partial charge in [0.25, 0.3) is 0 Å². The van der Waals surface area contributed by atoms with Gasteiger partial charge in [-0.2, -0.15) is 0 Å². The maximum atomic E-state index is 10.6. The van der Waals surface area contributed by atoms with Crippen molar-refractivity contribution in [2.75, 3.05) is 6.26 Å². The number of allylic oxidation sites excluding steroid dienone is 1. The predicted octanol–water partition coefficient (Wildman–Crippen LogP) is 2.67. The topological polar surface area (TPSA) is 17.1 Å². The maximum absolute atomic E-state index is 10.6. The monoisotopic (exact) mass is 192 g/mol. The molecular weight excluding hydrogens is 180 g/mol. The van der Waals surface area contributed by atoms with Crippen molar-refractivity contribution in [2.45, 2.75) is 6.42 Å². The fourth-order valence-electron chi connectivity index (χ4n) is 1.09. The van der Waals surface area contributed by atoms with Crippen LogP contribution in [0.4, 0.5) is 0 Å². The van der Waals surface area contributed by atoms with E-state index in [1.54, 1.807) is 11.8 Å². The van der Waals surface area contributed by atoms with Crippen LogP contribution in [0.2, 0.25) is 0 Å². The summed E-state index contributed by atoms with van der Waals surface area (Å²) in [5.74, 6) is 0. The van der Waals surface area contributed by atoms with Crippen molar-refractivity contribution >= 4 is 18.0 Å². The van der Waals surface area contributed by atoms with Crippen LogP contribution >= 0.6 is 11.8 Å². The number of benzene rings is 1. The van der Waals surface area contributed by atoms with Crippen LogP contribution in [0.1, 0.15) is 5.56 Å². The van der Waals surface area contributed by atoms with Gasteiger partial charge in [0, 0.05) is 12.0 Å². The molecule has 0 aliphatic rings. The van der Waals surface area contributed by atoms with Gasteiger partial charge in [0.15, 0.2) is 0 Å². The lowest BCUT2D eigenvalue weighted by molar-refractivity contribution is -0.105. The summed E-state index contributed by atoms with van der Waals surface area (Å²) < 4.78 is 0. The van der Waals surface area contributed by atoms with Crippen molar-refractivity contribution in [2.24, 2.45) is 0 Å². The van der Waals surface area contributed by atoms with Crippen LogP contribution in [0.25, 0.3) is 0 Å². The van der Waals surface area contributed by atoms with Gasteiger partial charge in [-0.25, -0.2) is 0 Å². The first-order valence-corrected chi connectivity index (χ1v) is 5.36. The van der Waals surface area contributed by atoms with Crippen LogP contribution in [0.3, 0.4) is 0 Å². The summed E-state index contributed by atoms with van der Waals surface area (Å²) in [6.45, 7) is 0. The third-order valence-electron chi connectivity index (χ3n) is 1.67. The molecule has 0 aliphatic heterocycles. The highest BCUT2D eigenvalue weighted by atomic mass is 32.2. The van der Waals surface area contributed by atoms with Crippen LogP contribution in [0, 0.1) is 0 Å². The maximum Gasteiger partial charge on any atom is 0.146 e. The van der Waals surface area contributed by atoms with Crippen molar-refractivity contribution in [1.29, 1.82) is 0 Å². The van der Waals surface area contributed by atoms with Gasteiger partial charge < -0.3 is 0 Å². The Hall–Kier alpha value is -1.02. The summed E-state index contributed by atoms with van der Waals surface area (Å²) in [4.78, 5) is 10.6. The van der Waals surface area contributed by atoms with Crippen LogP contribution in [0.5, 0.6) is 0 Å². The minimum atomic E-state index is 0.727. The van der Waals surface area contributed by atoms with E-state index in [-0.39, 0.29) is 0 Å². The second-order valence-corrected chi connectivity index (χ2v) is 3.42. The Labute approximate surface area is 82.9 Å². The van der Waals surface area contributed by atoms with Gasteiger partial charge in [0.05, 0.1) is 0 Å². The molecular formula is C11H12OS. The fourth-order valence-corrected chi connectivity index (χ4v) is 1.54. The van der Waals surface area contributed by atoms with E-state index in [1.807, 2.05) is 42.0 Å². The van der Waals surface area contributed by atoms with E-state index < -0.39 is 0 Å². The predicted molar refractivity (Wildman–Crippen MR) is 57.8 cm³/mol. The Balaban J connectivity index is 2.68. The Kier molecular flexibility index (Phi) is 4.33. The lowest BCUT2D eigenvalue weighted by atomic mass is 10.1. The van der Waals surface area contributed by atoms with Gasteiger partial charge in [0.1, 0.15) is 6.29 Å². The van der Waals surface area contributed by atoms with Crippen molar-refractivity contribution in [3.63, 3.8) is 0 Å². The summed E-state index contributed by atoms with van der Waals surface area (Å²) in [7, 11) is 0. The summed E-state index contributed by atoms with van der Waals surface area (Å²) >= 11 is 1.56. The van der Waals surface area contributed by atoms with Crippen LogP contribution in [0.15, 0.2) is 41.3 Å². The molecule has 0 aromatic heterocycles. The molecule has 0 unspecified atom stereocenters. The summed E-state index contributed by atoms with van der Waals surface area (Å²) in [5, 5.41) is 1.89. The largest absolute Gasteiger partial charge is 0.298 e. The van der Waals surface area contributed by atoms with Crippen molar-refractivity contribution < 1.29 is 4.79 Å². The minimum absolute atomic E-state index is 0.727. The highest BCUT2D eigenvalue weighted by molar-refractivity contribution is 8.01. The highest BCUT2D eigenvalue weighted by Crippen LogP contribution is 2.09. The van der Waals surface area contributed by atoms with E-state index in [2.05, 4.69) is 0 Å². The van der Waals surface area contributed by atoms with Crippen molar-refractivity contribution in [3.05, 3.63) is 46.9 Å². The summed E-state index contributed by atoms with van der Waals surface area (Å²) in [5.41, 5.74) is 2.01. The molecule has 0 saturated carbocycles. The first-order valence-electron chi connectivity index (χ1n) is 4.07. The van der Waals surface area contributed by atoms with Gasteiger partial charge in [-0.1, -0.05) is 30.3 Å². The molecule has 0 radical (unpaired) electrons. The Morgan fingerprint density at radius 2 is 2.08 bits per heavy atom. The average molecular weight is 192 g/mol. The smallest absolute Gasteiger partial charge is 0.146 e. The SMILES string of the molecule is CS/C=C(/C=O)Cc1ccccc1. The van der Waals surface area contributed by atoms with E-state index in [1.165, 1.54) is 5.56 Å². The molecule has 13 heavy (non-hydrogen) atoms. The number of rotatable bonds is 4. The molecule has 0 N–H and O–H groups in total. The van der Waals surface area contributed by atoms with Crippen LogP contribution in [-0.2, 0) is 11.2 Å². The molecule has 0 bridgehead atoms. The first-order chi connectivity index (χ1) is 6.36. The molecule has 2 heteroatoms. The molecule has 0 heterocycles. The second-order valence-electron chi connectivity index (χ2n) is 2.71. The molecule has 0 saturated heterocycles. The van der Waals surface area contributed by atoms with E-state index in [0.717, 1.165) is 18.3 Å². The Morgan fingerprint density at radius 1 is 1.38 bits per heavy atom. The fraction of sp³-hybridized carbons (Fsp3) is 0.182. The van der Waals surface area contributed by atoms with Crippen LogP contribution in [-0.4, -0.2) is 12.5 Å². The quantitative estimate of drug-likeness (QED) is 0.539. The van der Waals surface area contributed by atoms with Crippen LogP contribution < -0.4 is 0 Å². The third kappa shape index (κ3) is 3.47.